The van der Waals surface area contributed by atoms with Gasteiger partial charge in [0.15, 0.2) is 5.78 Å². The van der Waals surface area contributed by atoms with Crippen LogP contribution in [0.2, 0.25) is 0 Å². The van der Waals surface area contributed by atoms with Crippen LogP contribution in [-0.2, 0) is 6.42 Å². The second-order valence-electron chi connectivity index (χ2n) is 6.20. The largest absolute Gasteiger partial charge is 0.294 e. The molecule has 0 saturated heterocycles. The van der Waals surface area contributed by atoms with Crippen molar-refractivity contribution in [2.75, 3.05) is 0 Å². The number of ketones is 1. The maximum atomic E-state index is 12.4. The van der Waals surface area contributed by atoms with Crippen LogP contribution in [0.4, 0.5) is 0 Å². The van der Waals surface area contributed by atoms with Gasteiger partial charge in [-0.15, -0.1) is 0 Å². The molecule has 0 spiro atoms. The Bertz CT molecular complexity index is 631. The third-order valence-corrected chi connectivity index (χ3v) is 4.25. The molecule has 1 aliphatic carbocycles. The van der Waals surface area contributed by atoms with Crippen LogP contribution in [0.25, 0.3) is 0 Å². The summed E-state index contributed by atoms with van der Waals surface area (Å²) in [5.41, 5.74) is 3.94. The molecule has 3 nitrogen and oxygen atoms in total. The van der Waals surface area contributed by atoms with Gasteiger partial charge in [-0.25, -0.2) is 0 Å². The van der Waals surface area contributed by atoms with Gasteiger partial charge in [0, 0.05) is 11.8 Å². The molecule has 1 aromatic carbocycles. The smallest absolute Gasteiger partial charge is 0.168 e. The van der Waals surface area contributed by atoms with Crippen molar-refractivity contribution in [3.8, 4) is 0 Å². The second-order valence-corrected chi connectivity index (χ2v) is 6.20. The van der Waals surface area contributed by atoms with E-state index in [1.165, 1.54) is 25.7 Å². The van der Waals surface area contributed by atoms with Crippen molar-refractivity contribution < 1.29 is 4.79 Å². The molecule has 110 valence electrons. The Balaban J connectivity index is 1.72. The third-order valence-electron chi connectivity index (χ3n) is 4.25. The minimum atomic E-state index is 0.151. The SMILES string of the molecule is Cc1cc(C)cc(C(=O)Cc2ccn(C3CCCC3)n2)c1. The molecule has 0 atom stereocenters. The van der Waals surface area contributed by atoms with Crippen LogP contribution in [0.3, 0.4) is 0 Å². The Morgan fingerprint density at radius 3 is 2.52 bits per heavy atom. The first-order valence-corrected chi connectivity index (χ1v) is 7.77. The molecule has 1 saturated carbocycles. The lowest BCUT2D eigenvalue weighted by molar-refractivity contribution is 0.0991. The number of carbonyl (C=O) groups is 1. The van der Waals surface area contributed by atoms with Crippen molar-refractivity contribution in [1.29, 1.82) is 0 Å². The first-order valence-electron chi connectivity index (χ1n) is 7.77. The van der Waals surface area contributed by atoms with Gasteiger partial charge in [0.05, 0.1) is 18.2 Å². The zero-order chi connectivity index (χ0) is 14.8. The summed E-state index contributed by atoms with van der Waals surface area (Å²) in [4.78, 5) is 12.4. The van der Waals surface area contributed by atoms with Crippen molar-refractivity contribution in [2.24, 2.45) is 0 Å². The summed E-state index contributed by atoms with van der Waals surface area (Å²) in [7, 11) is 0. The maximum absolute atomic E-state index is 12.4. The summed E-state index contributed by atoms with van der Waals surface area (Å²) in [6, 6.07) is 8.53. The number of aromatic nitrogens is 2. The Labute approximate surface area is 126 Å². The highest BCUT2D eigenvalue weighted by Gasteiger charge is 2.18. The van der Waals surface area contributed by atoms with Gasteiger partial charge in [0.25, 0.3) is 0 Å². The van der Waals surface area contributed by atoms with Crippen LogP contribution in [0.5, 0.6) is 0 Å². The molecule has 21 heavy (non-hydrogen) atoms. The lowest BCUT2D eigenvalue weighted by Crippen LogP contribution is -2.08. The topological polar surface area (TPSA) is 34.9 Å². The van der Waals surface area contributed by atoms with E-state index in [1.807, 2.05) is 38.2 Å². The quantitative estimate of drug-likeness (QED) is 0.793. The number of hydrogen-bond donors (Lipinski definition) is 0. The number of carbonyl (C=O) groups excluding carboxylic acids is 1. The van der Waals surface area contributed by atoms with Crippen LogP contribution < -0.4 is 0 Å². The molecular formula is C18H22N2O. The lowest BCUT2D eigenvalue weighted by atomic mass is 10.0. The molecule has 0 aliphatic heterocycles. The summed E-state index contributed by atoms with van der Waals surface area (Å²) < 4.78 is 2.05. The van der Waals surface area contributed by atoms with Crippen LogP contribution >= 0.6 is 0 Å². The van der Waals surface area contributed by atoms with Gasteiger partial charge in [-0.05, 0) is 44.9 Å². The molecule has 0 N–H and O–H groups in total. The standard InChI is InChI=1S/C18H22N2O/c1-13-9-14(2)11-15(10-13)18(21)12-16-7-8-20(19-16)17-5-3-4-6-17/h7-11,17H,3-6,12H2,1-2H3. The van der Waals surface area contributed by atoms with E-state index in [2.05, 4.69) is 15.8 Å². The highest BCUT2D eigenvalue weighted by molar-refractivity contribution is 5.97. The van der Waals surface area contributed by atoms with Gasteiger partial charge >= 0.3 is 0 Å². The van der Waals surface area contributed by atoms with E-state index >= 15 is 0 Å². The summed E-state index contributed by atoms with van der Waals surface area (Å²) >= 11 is 0. The number of rotatable bonds is 4. The normalized spacial score (nSPS) is 15.5. The van der Waals surface area contributed by atoms with Crippen molar-refractivity contribution in [1.82, 2.24) is 9.78 Å². The molecule has 0 radical (unpaired) electrons. The molecular weight excluding hydrogens is 260 g/mol. The van der Waals surface area contributed by atoms with E-state index < -0.39 is 0 Å². The van der Waals surface area contributed by atoms with Crippen LogP contribution in [-0.4, -0.2) is 15.6 Å². The zero-order valence-corrected chi connectivity index (χ0v) is 12.8. The van der Waals surface area contributed by atoms with Gasteiger partial charge < -0.3 is 0 Å². The molecule has 3 rings (SSSR count). The number of hydrogen-bond acceptors (Lipinski definition) is 2. The van der Waals surface area contributed by atoms with Crippen LogP contribution in [0.1, 0.15) is 58.9 Å². The van der Waals surface area contributed by atoms with E-state index in [1.54, 1.807) is 0 Å². The average molecular weight is 282 g/mol. The van der Waals surface area contributed by atoms with Crippen LogP contribution in [0, 0.1) is 13.8 Å². The summed E-state index contributed by atoms with van der Waals surface area (Å²) in [6.45, 7) is 4.05. The van der Waals surface area contributed by atoms with Crippen molar-refractivity contribution in [3.63, 3.8) is 0 Å². The number of Topliss-reactive ketones (excluding diaryl/α,β-unsaturated/α-hetero) is 1. The molecule has 1 heterocycles. The molecule has 0 bridgehead atoms. The monoisotopic (exact) mass is 282 g/mol. The van der Waals surface area contributed by atoms with Gasteiger partial charge in [0.1, 0.15) is 0 Å². The van der Waals surface area contributed by atoms with E-state index in [0.29, 0.717) is 12.5 Å². The van der Waals surface area contributed by atoms with Gasteiger partial charge in [-0.2, -0.15) is 5.10 Å². The first-order chi connectivity index (χ1) is 10.1. The minimum Gasteiger partial charge on any atom is -0.294 e. The Kier molecular flexibility index (Phi) is 3.91. The summed E-state index contributed by atoms with van der Waals surface area (Å²) in [5.74, 6) is 0.151. The third kappa shape index (κ3) is 3.23. The summed E-state index contributed by atoms with van der Waals surface area (Å²) in [5, 5.41) is 4.60. The fraction of sp³-hybridized carbons (Fsp3) is 0.444. The van der Waals surface area contributed by atoms with Crippen molar-refractivity contribution >= 4 is 5.78 Å². The Hall–Kier alpha value is -1.90. The highest BCUT2D eigenvalue weighted by atomic mass is 16.1. The minimum absolute atomic E-state index is 0.151. The Morgan fingerprint density at radius 1 is 1.19 bits per heavy atom. The van der Waals surface area contributed by atoms with E-state index in [-0.39, 0.29) is 5.78 Å². The fourth-order valence-corrected chi connectivity index (χ4v) is 3.25. The lowest BCUT2D eigenvalue weighted by Gasteiger charge is -2.08. The number of benzene rings is 1. The molecule has 3 heteroatoms. The van der Waals surface area contributed by atoms with Gasteiger partial charge in [-0.1, -0.05) is 30.0 Å². The molecule has 1 aliphatic rings. The van der Waals surface area contributed by atoms with Crippen LogP contribution in [0.15, 0.2) is 30.5 Å². The number of aryl methyl sites for hydroxylation is 2. The maximum Gasteiger partial charge on any atom is 0.168 e. The van der Waals surface area contributed by atoms with E-state index in [4.69, 9.17) is 0 Å². The van der Waals surface area contributed by atoms with E-state index in [0.717, 1.165) is 22.4 Å². The first kappa shape index (κ1) is 14.1. The van der Waals surface area contributed by atoms with Crippen molar-refractivity contribution in [2.45, 2.75) is 52.0 Å². The molecule has 0 amide bonds. The molecule has 2 aromatic rings. The van der Waals surface area contributed by atoms with Gasteiger partial charge in [-0.3, -0.25) is 9.48 Å². The predicted octanol–water partition coefficient (Wildman–Crippen LogP) is 4.04. The van der Waals surface area contributed by atoms with Gasteiger partial charge in [0.2, 0.25) is 0 Å². The fourth-order valence-electron chi connectivity index (χ4n) is 3.25. The highest BCUT2D eigenvalue weighted by Crippen LogP contribution is 2.28. The Morgan fingerprint density at radius 2 is 1.86 bits per heavy atom. The van der Waals surface area contributed by atoms with Crippen molar-refractivity contribution in [3.05, 3.63) is 52.8 Å². The predicted molar refractivity (Wildman–Crippen MR) is 83.7 cm³/mol. The second kappa shape index (κ2) is 5.84. The number of nitrogens with zero attached hydrogens (tertiary/aromatic N) is 2. The molecule has 1 fully saturated rings. The zero-order valence-electron chi connectivity index (χ0n) is 12.8. The van der Waals surface area contributed by atoms with E-state index in [9.17, 15) is 4.79 Å². The average Bonchev–Trinajstić information content (AvgIpc) is 3.07. The molecule has 1 aromatic heterocycles. The molecule has 0 unspecified atom stereocenters. The summed E-state index contributed by atoms with van der Waals surface area (Å²) in [6.07, 6.45) is 7.43.